The number of carbonyl (C=O) groups is 1. The summed E-state index contributed by atoms with van der Waals surface area (Å²) < 4.78 is 71.5. The summed E-state index contributed by atoms with van der Waals surface area (Å²) >= 11 is 2.99. The summed E-state index contributed by atoms with van der Waals surface area (Å²) in [7, 11) is -4.91. The summed E-state index contributed by atoms with van der Waals surface area (Å²) in [6.45, 7) is 0. The van der Waals surface area contributed by atoms with Crippen molar-refractivity contribution in [1.82, 2.24) is 0 Å². The Balaban J connectivity index is 2.71. The third kappa shape index (κ3) is 5.57. The van der Waals surface area contributed by atoms with Crippen molar-refractivity contribution in [3.05, 3.63) is 0 Å². The lowest BCUT2D eigenvalue weighted by atomic mass is 10.0. The van der Waals surface area contributed by atoms with E-state index in [-0.39, 0.29) is 5.92 Å². The number of rotatable bonds is 5. The lowest BCUT2D eigenvalue weighted by Gasteiger charge is -2.22. The molecule has 0 aromatic rings. The van der Waals surface area contributed by atoms with Crippen LogP contribution in [0, 0.1) is 5.92 Å². The van der Waals surface area contributed by atoms with Crippen molar-refractivity contribution < 1.29 is 35.7 Å². The zero-order valence-electron chi connectivity index (χ0n) is 10.3. The van der Waals surface area contributed by atoms with Crippen molar-refractivity contribution >= 4 is 32.0 Å². The minimum absolute atomic E-state index is 0.123. The van der Waals surface area contributed by atoms with E-state index >= 15 is 0 Å². The lowest BCUT2D eigenvalue weighted by molar-refractivity contribution is -0.215. The first-order valence-corrected chi connectivity index (χ1v) is 8.39. The van der Waals surface area contributed by atoms with Crippen molar-refractivity contribution in [2.75, 3.05) is 5.75 Å². The molecular formula is C10H14BrF3O5S. The molecule has 1 aliphatic rings. The molecule has 2 atom stereocenters. The van der Waals surface area contributed by atoms with Crippen molar-refractivity contribution in [2.45, 2.75) is 42.8 Å². The van der Waals surface area contributed by atoms with Gasteiger partial charge in [-0.2, -0.15) is 21.6 Å². The van der Waals surface area contributed by atoms with Crippen LogP contribution in [0.15, 0.2) is 0 Å². The normalized spacial score (nSPS) is 20.6. The number of ether oxygens (including phenoxy) is 1. The van der Waals surface area contributed by atoms with E-state index in [4.69, 9.17) is 4.55 Å². The Morgan fingerprint density at radius 2 is 1.85 bits per heavy atom. The largest absolute Gasteiger partial charge is 0.451 e. The second-order valence-electron chi connectivity index (χ2n) is 4.66. The summed E-state index contributed by atoms with van der Waals surface area (Å²) in [6.07, 6.45) is -4.78. The maximum atomic E-state index is 12.6. The topological polar surface area (TPSA) is 80.7 Å². The average Bonchev–Trinajstić information content (AvgIpc) is 2.77. The van der Waals surface area contributed by atoms with Gasteiger partial charge in [-0.15, -0.1) is 0 Å². The van der Waals surface area contributed by atoms with Gasteiger partial charge in [-0.1, -0.05) is 28.8 Å². The van der Waals surface area contributed by atoms with Crippen molar-refractivity contribution in [1.29, 1.82) is 0 Å². The quantitative estimate of drug-likeness (QED) is 0.448. The van der Waals surface area contributed by atoms with E-state index in [1.165, 1.54) is 0 Å². The van der Waals surface area contributed by atoms with Crippen LogP contribution in [0.1, 0.15) is 25.7 Å². The highest BCUT2D eigenvalue weighted by Crippen LogP contribution is 2.33. The lowest BCUT2D eigenvalue weighted by Crippen LogP contribution is -2.41. The van der Waals surface area contributed by atoms with Gasteiger partial charge in [0.1, 0.15) is 10.6 Å². The fraction of sp³-hybridized carbons (Fsp3) is 0.900. The van der Waals surface area contributed by atoms with Gasteiger partial charge in [0.15, 0.2) is 0 Å². The standard InChI is InChI=1S/C10H14BrF3O5S/c11-8(6-3-1-2-4-6)9(15)19-7(10(12,13)14)5-20(16,17)18/h6-8H,1-5H2,(H,16,17,18). The maximum Gasteiger partial charge on any atom is 0.426 e. The number of halogens is 4. The van der Waals surface area contributed by atoms with E-state index in [1.54, 1.807) is 0 Å². The van der Waals surface area contributed by atoms with Gasteiger partial charge in [-0.3, -0.25) is 9.35 Å². The smallest absolute Gasteiger partial charge is 0.426 e. The van der Waals surface area contributed by atoms with E-state index in [0.29, 0.717) is 12.8 Å². The molecule has 1 saturated carbocycles. The highest BCUT2D eigenvalue weighted by Gasteiger charge is 2.46. The maximum absolute atomic E-state index is 12.6. The Morgan fingerprint density at radius 3 is 2.25 bits per heavy atom. The number of alkyl halides is 4. The monoisotopic (exact) mass is 382 g/mol. The second kappa shape index (κ2) is 6.61. The van der Waals surface area contributed by atoms with Crippen LogP contribution >= 0.6 is 15.9 Å². The molecule has 1 N–H and O–H groups in total. The molecule has 0 bridgehead atoms. The molecule has 1 fully saturated rings. The average molecular weight is 383 g/mol. The third-order valence-corrected chi connectivity index (χ3v) is 4.87. The molecule has 1 aliphatic carbocycles. The molecule has 0 aromatic carbocycles. The molecule has 1 rings (SSSR count). The molecule has 118 valence electrons. The van der Waals surface area contributed by atoms with Crippen molar-refractivity contribution in [3.63, 3.8) is 0 Å². The molecule has 10 heteroatoms. The van der Waals surface area contributed by atoms with Gasteiger partial charge in [0.2, 0.25) is 6.10 Å². The van der Waals surface area contributed by atoms with Crippen LogP contribution in [-0.4, -0.2) is 41.8 Å². The van der Waals surface area contributed by atoms with Gasteiger partial charge in [0.25, 0.3) is 10.1 Å². The minimum atomic E-state index is -5.06. The van der Waals surface area contributed by atoms with E-state index in [2.05, 4.69) is 20.7 Å². The van der Waals surface area contributed by atoms with E-state index in [0.717, 1.165) is 12.8 Å². The van der Waals surface area contributed by atoms with Crippen molar-refractivity contribution in [2.24, 2.45) is 5.92 Å². The zero-order chi connectivity index (χ0) is 15.6. The summed E-state index contributed by atoms with van der Waals surface area (Å²) in [4.78, 5) is 10.7. The molecule has 0 radical (unpaired) electrons. The molecule has 0 aromatic heterocycles. The molecule has 20 heavy (non-hydrogen) atoms. The first kappa shape index (κ1) is 17.7. The van der Waals surface area contributed by atoms with E-state index in [9.17, 15) is 26.4 Å². The Labute approximate surface area is 122 Å². The van der Waals surface area contributed by atoms with Gasteiger partial charge in [0, 0.05) is 0 Å². The minimum Gasteiger partial charge on any atom is -0.451 e. The fourth-order valence-electron chi connectivity index (χ4n) is 2.03. The molecule has 0 amide bonds. The number of hydrogen-bond acceptors (Lipinski definition) is 4. The first-order chi connectivity index (χ1) is 9.00. The van der Waals surface area contributed by atoms with Crippen LogP contribution in [0.2, 0.25) is 0 Å². The molecule has 0 spiro atoms. The summed E-state index contributed by atoms with van der Waals surface area (Å²) in [5, 5.41) is 0. The van der Waals surface area contributed by atoms with Gasteiger partial charge < -0.3 is 4.74 Å². The summed E-state index contributed by atoms with van der Waals surface area (Å²) in [5.74, 6) is -2.99. The van der Waals surface area contributed by atoms with Crippen LogP contribution in [0.25, 0.3) is 0 Å². The summed E-state index contributed by atoms with van der Waals surface area (Å²) in [6, 6.07) is 0. The highest BCUT2D eigenvalue weighted by atomic mass is 79.9. The Morgan fingerprint density at radius 1 is 1.35 bits per heavy atom. The first-order valence-electron chi connectivity index (χ1n) is 5.87. The molecule has 5 nitrogen and oxygen atoms in total. The predicted molar refractivity (Wildman–Crippen MR) is 67.0 cm³/mol. The van der Waals surface area contributed by atoms with E-state index < -0.39 is 38.9 Å². The zero-order valence-corrected chi connectivity index (χ0v) is 12.7. The Bertz CT molecular complexity index is 444. The summed E-state index contributed by atoms with van der Waals surface area (Å²) in [5.41, 5.74) is 0. The molecule has 0 heterocycles. The van der Waals surface area contributed by atoms with Crippen LogP contribution < -0.4 is 0 Å². The Hall–Kier alpha value is -0.350. The van der Waals surface area contributed by atoms with Gasteiger partial charge in [-0.05, 0) is 18.8 Å². The van der Waals surface area contributed by atoms with Gasteiger partial charge >= 0.3 is 12.1 Å². The van der Waals surface area contributed by atoms with Crippen LogP contribution in [0.5, 0.6) is 0 Å². The second-order valence-corrected chi connectivity index (χ2v) is 7.15. The SMILES string of the molecule is O=C(OC(CS(=O)(=O)O)C(F)(F)F)C(Br)C1CCCC1. The number of esters is 1. The predicted octanol–water partition coefficient (Wildman–Crippen LogP) is 2.30. The van der Waals surface area contributed by atoms with Crippen LogP contribution in [0.3, 0.4) is 0 Å². The highest BCUT2D eigenvalue weighted by molar-refractivity contribution is 9.10. The van der Waals surface area contributed by atoms with Crippen LogP contribution in [-0.2, 0) is 19.6 Å². The van der Waals surface area contributed by atoms with Crippen LogP contribution in [0.4, 0.5) is 13.2 Å². The number of hydrogen-bond donors (Lipinski definition) is 1. The van der Waals surface area contributed by atoms with Gasteiger partial charge in [-0.25, -0.2) is 0 Å². The Kier molecular flexibility index (Phi) is 5.85. The molecule has 0 saturated heterocycles. The van der Waals surface area contributed by atoms with E-state index in [1.807, 2.05) is 0 Å². The fourth-order valence-corrected chi connectivity index (χ4v) is 3.31. The van der Waals surface area contributed by atoms with Crippen molar-refractivity contribution in [3.8, 4) is 0 Å². The van der Waals surface area contributed by atoms with Gasteiger partial charge in [0.05, 0.1) is 0 Å². The molecular weight excluding hydrogens is 369 g/mol. The molecule has 2 unspecified atom stereocenters. The molecule has 0 aliphatic heterocycles. The number of carbonyl (C=O) groups excluding carboxylic acids is 1. The third-order valence-electron chi connectivity index (χ3n) is 3.02.